The zero-order valence-corrected chi connectivity index (χ0v) is 17.9. The van der Waals surface area contributed by atoms with Crippen molar-refractivity contribution < 1.29 is 13.2 Å². The molecule has 1 aliphatic carbocycles. The van der Waals surface area contributed by atoms with Crippen LogP contribution in [0.5, 0.6) is 0 Å². The second kappa shape index (κ2) is 8.30. The Morgan fingerprint density at radius 1 is 1.21 bits per heavy atom. The van der Waals surface area contributed by atoms with Gasteiger partial charge < -0.3 is 4.74 Å². The molecular formula is C17H25ClN6O3S. The second-order valence-electron chi connectivity index (χ2n) is 7.24. The fraction of sp³-hybridized carbons (Fsp3) is 0.647. The van der Waals surface area contributed by atoms with Crippen LogP contribution < -0.4 is 4.72 Å². The minimum absolute atomic E-state index is 0.0245. The number of nitrogens with one attached hydrogen (secondary N) is 1. The highest BCUT2D eigenvalue weighted by Crippen LogP contribution is 2.37. The minimum Gasteiger partial charge on any atom is -0.372 e. The molecule has 28 heavy (non-hydrogen) atoms. The SMILES string of the molecule is CO[C@H](c1ncc(Cl)cn1)[C@H](C)S(=O)(=O)Nc1nnc(C2CCC2)n1C(C)C. The van der Waals surface area contributed by atoms with E-state index in [-0.39, 0.29) is 17.8 Å². The van der Waals surface area contributed by atoms with Crippen molar-refractivity contribution in [2.75, 3.05) is 11.8 Å². The lowest BCUT2D eigenvalue weighted by atomic mass is 9.84. The van der Waals surface area contributed by atoms with Crippen LogP contribution in [0.1, 0.15) is 69.7 Å². The van der Waals surface area contributed by atoms with E-state index in [4.69, 9.17) is 16.3 Å². The van der Waals surface area contributed by atoms with Gasteiger partial charge in [-0.1, -0.05) is 18.0 Å². The van der Waals surface area contributed by atoms with Crippen molar-refractivity contribution in [3.63, 3.8) is 0 Å². The smallest absolute Gasteiger partial charge is 0.240 e. The van der Waals surface area contributed by atoms with E-state index in [0.29, 0.717) is 10.9 Å². The summed E-state index contributed by atoms with van der Waals surface area (Å²) in [5, 5.41) is 7.75. The van der Waals surface area contributed by atoms with Crippen molar-refractivity contribution in [1.82, 2.24) is 24.7 Å². The summed E-state index contributed by atoms with van der Waals surface area (Å²) < 4.78 is 35.9. The molecule has 2 atom stereocenters. The van der Waals surface area contributed by atoms with Crippen molar-refractivity contribution in [1.29, 1.82) is 0 Å². The van der Waals surface area contributed by atoms with Crippen LogP contribution in [0.2, 0.25) is 5.02 Å². The number of halogens is 1. The molecule has 0 aromatic carbocycles. The predicted molar refractivity (Wildman–Crippen MR) is 106 cm³/mol. The highest BCUT2D eigenvalue weighted by atomic mass is 35.5. The molecule has 0 saturated heterocycles. The minimum atomic E-state index is -3.85. The molecule has 0 aliphatic heterocycles. The van der Waals surface area contributed by atoms with Gasteiger partial charge in [0.2, 0.25) is 16.0 Å². The van der Waals surface area contributed by atoms with Gasteiger partial charge in [0.15, 0.2) is 5.82 Å². The first-order valence-electron chi connectivity index (χ1n) is 9.21. The maximum atomic E-state index is 13.0. The maximum Gasteiger partial charge on any atom is 0.240 e. The highest BCUT2D eigenvalue weighted by molar-refractivity contribution is 7.93. The molecule has 0 radical (unpaired) electrons. The molecule has 1 N–H and O–H groups in total. The largest absolute Gasteiger partial charge is 0.372 e. The van der Waals surface area contributed by atoms with Gasteiger partial charge in [-0.05, 0) is 33.6 Å². The van der Waals surface area contributed by atoms with Crippen LogP contribution in [-0.4, -0.2) is 45.5 Å². The summed E-state index contributed by atoms with van der Waals surface area (Å²) in [5.74, 6) is 1.62. The van der Waals surface area contributed by atoms with Crippen molar-refractivity contribution in [3.8, 4) is 0 Å². The maximum absolute atomic E-state index is 13.0. The molecule has 0 bridgehead atoms. The van der Waals surface area contributed by atoms with E-state index in [0.717, 1.165) is 25.1 Å². The predicted octanol–water partition coefficient (Wildman–Crippen LogP) is 3.09. The van der Waals surface area contributed by atoms with Crippen molar-refractivity contribution >= 4 is 27.6 Å². The van der Waals surface area contributed by atoms with Crippen molar-refractivity contribution in [2.45, 2.75) is 63.3 Å². The lowest BCUT2D eigenvalue weighted by Crippen LogP contribution is -2.33. The Hall–Kier alpha value is -1.78. The van der Waals surface area contributed by atoms with Gasteiger partial charge in [-0.3, -0.25) is 9.29 Å². The van der Waals surface area contributed by atoms with E-state index in [9.17, 15) is 8.42 Å². The van der Waals surface area contributed by atoms with Gasteiger partial charge in [0.25, 0.3) is 0 Å². The number of methoxy groups -OCH3 is 1. The first-order valence-corrected chi connectivity index (χ1v) is 11.1. The zero-order chi connectivity index (χ0) is 20.5. The summed E-state index contributed by atoms with van der Waals surface area (Å²) in [7, 11) is -2.43. The molecule has 3 rings (SSSR count). The Kier molecular flexibility index (Phi) is 6.21. The lowest BCUT2D eigenvalue weighted by molar-refractivity contribution is 0.0950. The van der Waals surface area contributed by atoms with Gasteiger partial charge in [-0.15, -0.1) is 10.2 Å². The third kappa shape index (κ3) is 4.13. The summed E-state index contributed by atoms with van der Waals surface area (Å²) in [6, 6.07) is 0.0245. The molecule has 9 nitrogen and oxygen atoms in total. The summed E-state index contributed by atoms with van der Waals surface area (Å²) in [6.45, 7) is 5.50. The Balaban J connectivity index is 1.86. The fourth-order valence-corrected chi connectivity index (χ4v) is 4.42. The molecule has 0 unspecified atom stereocenters. The molecule has 11 heteroatoms. The third-order valence-electron chi connectivity index (χ3n) is 5.01. The summed E-state index contributed by atoms with van der Waals surface area (Å²) in [4.78, 5) is 8.18. The van der Waals surface area contributed by atoms with E-state index < -0.39 is 21.4 Å². The topological polar surface area (TPSA) is 112 Å². The average molecular weight is 429 g/mol. The quantitative estimate of drug-likeness (QED) is 0.687. The van der Waals surface area contributed by atoms with Gasteiger partial charge in [0.05, 0.1) is 5.02 Å². The average Bonchev–Trinajstić information content (AvgIpc) is 2.98. The highest BCUT2D eigenvalue weighted by Gasteiger charge is 2.35. The second-order valence-corrected chi connectivity index (χ2v) is 9.72. The van der Waals surface area contributed by atoms with Gasteiger partial charge in [0, 0.05) is 31.5 Å². The normalized spacial score (nSPS) is 17.4. The summed E-state index contributed by atoms with van der Waals surface area (Å²) >= 11 is 5.81. The number of aromatic nitrogens is 5. The van der Waals surface area contributed by atoms with E-state index in [1.54, 1.807) is 0 Å². The number of rotatable bonds is 8. The Morgan fingerprint density at radius 3 is 2.36 bits per heavy atom. The zero-order valence-electron chi connectivity index (χ0n) is 16.3. The lowest BCUT2D eigenvalue weighted by Gasteiger charge is -2.27. The van der Waals surface area contributed by atoms with E-state index in [1.807, 2.05) is 18.4 Å². The summed E-state index contributed by atoms with van der Waals surface area (Å²) in [6.07, 6.45) is 5.20. The van der Waals surface area contributed by atoms with Crippen LogP contribution in [0, 0.1) is 0 Å². The number of anilines is 1. The van der Waals surface area contributed by atoms with Crippen LogP contribution in [0.3, 0.4) is 0 Å². The monoisotopic (exact) mass is 428 g/mol. The number of sulfonamides is 1. The number of nitrogens with zero attached hydrogens (tertiary/aromatic N) is 5. The third-order valence-corrected chi connectivity index (χ3v) is 6.90. The molecule has 2 aromatic heterocycles. The Bertz CT molecular complexity index is 911. The van der Waals surface area contributed by atoms with Crippen molar-refractivity contribution in [2.24, 2.45) is 0 Å². The van der Waals surface area contributed by atoms with Crippen LogP contribution in [0.15, 0.2) is 12.4 Å². The molecule has 1 fully saturated rings. The number of hydrogen-bond donors (Lipinski definition) is 1. The molecule has 2 heterocycles. The van der Waals surface area contributed by atoms with Crippen LogP contribution in [-0.2, 0) is 14.8 Å². The number of hydrogen-bond acceptors (Lipinski definition) is 7. The molecule has 0 spiro atoms. The van der Waals surface area contributed by atoms with Gasteiger partial charge in [0.1, 0.15) is 17.2 Å². The van der Waals surface area contributed by atoms with E-state index >= 15 is 0 Å². The first kappa shape index (κ1) is 20.9. The van der Waals surface area contributed by atoms with Crippen LogP contribution >= 0.6 is 11.6 Å². The van der Waals surface area contributed by atoms with Crippen LogP contribution in [0.4, 0.5) is 5.95 Å². The molecular weight excluding hydrogens is 404 g/mol. The number of ether oxygens (including phenoxy) is 1. The van der Waals surface area contributed by atoms with Gasteiger partial charge in [-0.25, -0.2) is 18.4 Å². The Labute approximate surface area is 169 Å². The molecule has 2 aromatic rings. The van der Waals surface area contributed by atoms with Gasteiger partial charge >= 0.3 is 0 Å². The van der Waals surface area contributed by atoms with Crippen molar-refractivity contribution in [3.05, 3.63) is 29.1 Å². The molecule has 1 saturated carbocycles. The van der Waals surface area contributed by atoms with E-state index in [1.165, 1.54) is 26.4 Å². The fourth-order valence-electron chi connectivity index (χ4n) is 3.19. The standard InChI is InChI=1S/C17H25ClN6O3S/c1-10(2)24-16(12-6-5-7-12)21-22-17(24)23-28(25,26)11(3)14(27-4)15-19-8-13(18)9-20-15/h8-12,14H,5-7H2,1-4H3,(H,22,23)/t11-,14-/m0/s1. The Morgan fingerprint density at radius 2 is 1.86 bits per heavy atom. The first-order chi connectivity index (χ1) is 13.2. The molecule has 154 valence electrons. The summed E-state index contributed by atoms with van der Waals surface area (Å²) in [5.41, 5.74) is 0. The van der Waals surface area contributed by atoms with Gasteiger partial charge in [-0.2, -0.15) is 0 Å². The van der Waals surface area contributed by atoms with Crippen LogP contribution in [0.25, 0.3) is 0 Å². The van der Waals surface area contributed by atoms with E-state index in [2.05, 4.69) is 24.9 Å². The molecule has 1 aliphatic rings. The molecule has 0 amide bonds.